The summed E-state index contributed by atoms with van der Waals surface area (Å²) in [6.07, 6.45) is 5.63. The zero-order chi connectivity index (χ0) is 33.3. The minimum Gasteiger partial charge on any atom is -0.497 e. The lowest BCUT2D eigenvalue weighted by atomic mass is 9.77. The van der Waals surface area contributed by atoms with E-state index in [2.05, 4.69) is 41.4 Å². The average molecular weight is 650 g/mol. The fourth-order valence-electron chi connectivity index (χ4n) is 6.96. The first-order chi connectivity index (χ1) is 23.5. The van der Waals surface area contributed by atoms with Gasteiger partial charge in [0.2, 0.25) is 5.91 Å². The van der Waals surface area contributed by atoms with Crippen LogP contribution in [-0.2, 0) is 17.9 Å². The van der Waals surface area contributed by atoms with E-state index in [0.717, 1.165) is 66.4 Å². The molecule has 0 saturated carbocycles. The summed E-state index contributed by atoms with van der Waals surface area (Å²) in [6, 6.07) is 31.0. The highest BCUT2D eigenvalue weighted by Gasteiger charge is 2.48. The van der Waals surface area contributed by atoms with Crippen LogP contribution in [0.15, 0.2) is 97.1 Å². The van der Waals surface area contributed by atoms with Crippen LogP contribution in [0.5, 0.6) is 11.5 Å². The number of ether oxygens (including phenoxy) is 2. The summed E-state index contributed by atoms with van der Waals surface area (Å²) >= 11 is 0. The van der Waals surface area contributed by atoms with Crippen LogP contribution < -0.4 is 19.7 Å². The Morgan fingerprint density at radius 1 is 0.833 bits per heavy atom. The summed E-state index contributed by atoms with van der Waals surface area (Å²) in [4.78, 5) is 18.1. The zero-order valence-corrected chi connectivity index (χ0v) is 28.2. The maximum atomic E-state index is 13.7. The first-order valence-electron chi connectivity index (χ1n) is 17.4. The summed E-state index contributed by atoms with van der Waals surface area (Å²) in [5.74, 6) is 1.53. The van der Waals surface area contributed by atoms with Gasteiger partial charge in [0, 0.05) is 25.3 Å². The summed E-state index contributed by atoms with van der Waals surface area (Å²) < 4.78 is 25.0. The van der Waals surface area contributed by atoms with Gasteiger partial charge in [-0.15, -0.1) is 0 Å². The van der Waals surface area contributed by atoms with E-state index in [1.54, 1.807) is 7.11 Å². The van der Waals surface area contributed by atoms with E-state index in [-0.39, 0.29) is 29.6 Å². The highest BCUT2D eigenvalue weighted by atomic mass is 19.1. The van der Waals surface area contributed by atoms with Gasteiger partial charge < -0.3 is 24.6 Å². The highest BCUT2D eigenvalue weighted by Crippen LogP contribution is 2.47. The van der Waals surface area contributed by atoms with Crippen molar-refractivity contribution in [2.24, 2.45) is 5.92 Å². The van der Waals surface area contributed by atoms with Crippen molar-refractivity contribution in [2.75, 3.05) is 38.2 Å². The summed E-state index contributed by atoms with van der Waals surface area (Å²) in [5, 5.41) is 3.58. The van der Waals surface area contributed by atoms with Crippen molar-refractivity contribution in [2.45, 2.75) is 64.1 Å². The van der Waals surface area contributed by atoms with Gasteiger partial charge in [0.1, 0.15) is 23.9 Å². The molecule has 2 aliphatic rings. The van der Waals surface area contributed by atoms with Gasteiger partial charge >= 0.3 is 0 Å². The van der Waals surface area contributed by atoms with E-state index in [1.807, 2.05) is 65.6 Å². The van der Waals surface area contributed by atoms with Gasteiger partial charge in [-0.2, -0.15) is 0 Å². The Bertz CT molecular complexity index is 1590. The number of nitrogens with zero attached hydrogens (tertiary/aromatic N) is 2. The molecule has 4 aromatic carbocycles. The van der Waals surface area contributed by atoms with E-state index >= 15 is 0 Å². The molecule has 0 spiro atoms. The van der Waals surface area contributed by atoms with Crippen molar-refractivity contribution in [1.29, 1.82) is 0 Å². The van der Waals surface area contributed by atoms with Crippen molar-refractivity contribution in [3.8, 4) is 11.5 Å². The number of hydrogen-bond donors (Lipinski definition) is 1. The smallest absolute Gasteiger partial charge is 0.233 e. The van der Waals surface area contributed by atoms with E-state index in [4.69, 9.17) is 9.47 Å². The molecule has 6 nitrogen and oxygen atoms in total. The number of methoxy groups -OCH3 is 1. The molecule has 0 radical (unpaired) electrons. The van der Waals surface area contributed by atoms with Crippen LogP contribution in [0.2, 0.25) is 0 Å². The summed E-state index contributed by atoms with van der Waals surface area (Å²) in [7, 11) is 1.66. The number of nitrogens with one attached hydrogen (secondary N) is 1. The molecule has 6 rings (SSSR count). The number of anilines is 1. The van der Waals surface area contributed by atoms with Gasteiger partial charge in [0.25, 0.3) is 0 Å². The zero-order valence-electron chi connectivity index (χ0n) is 28.2. The van der Waals surface area contributed by atoms with E-state index in [0.29, 0.717) is 6.61 Å². The number of amides is 1. The van der Waals surface area contributed by atoms with E-state index < -0.39 is 0 Å². The lowest BCUT2D eigenvalue weighted by molar-refractivity contribution is -0.130. The Morgan fingerprint density at radius 2 is 1.50 bits per heavy atom. The minimum absolute atomic E-state index is 0.0756. The molecule has 0 aliphatic carbocycles. The topological polar surface area (TPSA) is 54.0 Å². The number of halogens is 1. The maximum Gasteiger partial charge on any atom is 0.233 e. The van der Waals surface area contributed by atoms with Crippen molar-refractivity contribution in [3.05, 3.63) is 125 Å². The monoisotopic (exact) mass is 649 g/mol. The van der Waals surface area contributed by atoms with Gasteiger partial charge in [-0.25, -0.2) is 4.39 Å². The number of rotatable bonds is 15. The van der Waals surface area contributed by atoms with E-state index in [9.17, 15) is 9.18 Å². The number of piperidine rings is 1. The number of β-lactam (4-membered cyclic amide) rings is 1. The third-order valence-corrected chi connectivity index (χ3v) is 9.95. The average Bonchev–Trinajstić information content (AvgIpc) is 3.13. The molecular weight excluding hydrogens is 601 g/mol. The third kappa shape index (κ3) is 8.44. The number of hydrogen-bond acceptors (Lipinski definition) is 5. The van der Waals surface area contributed by atoms with Crippen LogP contribution in [0, 0.1) is 11.7 Å². The number of carbonyl (C=O) groups is 1. The molecule has 2 aliphatic heterocycles. The van der Waals surface area contributed by atoms with Gasteiger partial charge in [-0.05, 0) is 115 Å². The van der Waals surface area contributed by atoms with Gasteiger partial charge in [-0.3, -0.25) is 4.79 Å². The second-order valence-electron chi connectivity index (χ2n) is 13.2. The predicted molar refractivity (Wildman–Crippen MR) is 190 cm³/mol. The number of likely N-dealkylation sites (tertiary alicyclic amines) is 1. The number of carbonyl (C=O) groups excluding carboxylic acids is 1. The lowest BCUT2D eigenvalue weighted by Gasteiger charge is -2.48. The Kier molecular flexibility index (Phi) is 11.4. The summed E-state index contributed by atoms with van der Waals surface area (Å²) in [6.45, 7) is 8.10. The minimum atomic E-state index is -0.234. The molecule has 2 saturated heterocycles. The van der Waals surface area contributed by atoms with Crippen molar-refractivity contribution >= 4 is 11.6 Å². The van der Waals surface area contributed by atoms with Crippen molar-refractivity contribution in [1.82, 2.24) is 10.2 Å². The molecule has 48 heavy (non-hydrogen) atoms. The summed E-state index contributed by atoms with van der Waals surface area (Å²) in [5.41, 5.74) is 5.41. The largest absolute Gasteiger partial charge is 0.497 e. The lowest BCUT2D eigenvalue weighted by Crippen LogP contribution is -2.55. The molecule has 1 N–H and O–H groups in total. The molecular formula is C41H48FN3O3. The van der Waals surface area contributed by atoms with E-state index in [1.165, 1.54) is 50.0 Å². The fraction of sp³-hybridized carbons (Fsp3) is 0.390. The van der Waals surface area contributed by atoms with Crippen LogP contribution in [-0.4, -0.2) is 44.1 Å². The van der Waals surface area contributed by atoms with Gasteiger partial charge in [-0.1, -0.05) is 61.9 Å². The van der Waals surface area contributed by atoms with Gasteiger partial charge in [0.15, 0.2) is 0 Å². The SMILES string of the molecule is COc1ccc(C2C(CCC(C)c3ccc(F)cc3)C(=O)N2c2ccc(OCc3ccc(CNCCN4CCCCC4)cc3)cc2)cc1. The maximum absolute atomic E-state index is 13.7. The molecule has 1 amide bonds. The van der Waals surface area contributed by atoms with Crippen LogP contribution in [0.25, 0.3) is 0 Å². The second kappa shape index (κ2) is 16.3. The Morgan fingerprint density at radius 3 is 2.19 bits per heavy atom. The molecule has 3 unspecified atom stereocenters. The molecule has 252 valence electrons. The normalized spacial score (nSPS) is 18.7. The van der Waals surface area contributed by atoms with Crippen molar-refractivity contribution in [3.63, 3.8) is 0 Å². The quantitative estimate of drug-likeness (QED) is 0.104. The molecule has 3 atom stereocenters. The Hall–Kier alpha value is -4.20. The molecule has 7 heteroatoms. The Balaban J connectivity index is 1.03. The van der Waals surface area contributed by atoms with Crippen LogP contribution >= 0.6 is 0 Å². The fourth-order valence-corrected chi connectivity index (χ4v) is 6.96. The second-order valence-corrected chi connectivity index (χ2v) is 13.2. The standard InChI is InChI=1S/C41H48FN3O3/c1-30(33-11-15-35(42)16-12-33)6-23-39-40(34-13-19-37(47-2)20-14-34)45(41(39)46)36-17-21-38(22-18-36)48-29-32-9-7-31(8-10-32)28-43-24-27-44-25-4-3-5-26-44/h7-22,30,39-40,43H,3-6,23-29H2,1-2H3. The Labute approximate surface area is 284 Å². The molecule has 0 bridgehead atoms. The first kappa shape index (κ1) is 33.7. The molecule has 4 aromatic rings. The molecule has 2 fully saturated rings. The van der Waals surface area contributed by atoms with Gasteiger partial charge in [0.05, 0.1) is 19.1 Å². The highest BCUT2D eigenvalue weighted by molar-refractivity contribution is 6.03. The first-order valence-corrected chi connectivity index (χ1v) is 17.4. The van der Waals surface area contributed by atoms with Crippen LogP contribution in [0.1, 0.15) is 73.2 Å². The molecule has 2 heterocycles. The predicted octanol–water partition coefficient (Wildman–Crippen LogP) is 8.28. The number of benzene rings is 4. The van der Waals surface area contributed by atoms with Crippen LogP contribution in [0.4, 0.5) is 10.1 Å². The van der Waals surface area contributed by atoms with Crippen molar-refractivity contribution < 1.29 is 18.7 Å². The third-order valence-electron chi connectivity index (χ3n) is 9.95. The van der Waals surface area contributed by atoms with Crippen LogP contribution in [0.3, 0.4) is 0 Å². The molecule has 0 aromatic heterocycles.